The Morgan fingerprint density at radius 3 is 1.95 bits per heavy atom. The fraction of sp³-hybridized carbons (Fsp3) is 0.933. The van der Waals surface area contributed by atoms with Crippen LogP contribution in [-0.2, 0) is 9.63 Å². The maximum absolute atomic E-state index is 9.83. The number of carbonyl (C=O) groups excluding carboxylic acids is 1. The number of rotatable bonds is 9. The van der Waals surface area contributed by atoms with Crippen molar-refractivity contribution >= 4 is 35.5 Å². The van der Waals surface area contributed by atoms with E-state index in [1.54, 1.807) is 6.92 Å². The van der Waals surface area contributed by atoms with E-state index in [0.29, 0.717) is 6.42 Å². The molecule has 3 nitrogen and oxygen atoms in total. The number of nitrogens with two attached hydrogens (primary N) is 1. The average molecular weight is 281 g/mol. The SMILES string of the molecule is CCC(=O)ON.CCCCCCCCCC1CC1.[NaH]. The normalized spacial score (nSPS) is 13.0. The van der Waals surface area contributed by atoms with Crippen molar-refractivity contribution in [2.75, 3.05) is 0 Å². The second kappa shape index (κ2) is 16.5. The Morgan fingerprint density at radius 2 is 1.58 bits per heavy atom. The standard InChI is InChI=1S/C12H24.C3H7NO2.Na.H/c1-2-3-4-5-6-7-8-9-12-10-11-12;1-2-3(5)6-4;;/h12H,2-11H2,1H3;2,4H2,1H3;;. The minimum atomic E-state index is -0.380. The van der Waals surface area contributed by atoms with Crippen LogP contribution in [0.3, 0.4) is 0 Å². The number of hydrogen-bond donors (Lipinski definition) is 1. The molecule has 0 unspecified atom stereocenters. The van der Waals surface area contributed by atoms with Gasteiger partial charge in [-0.1, -0.05) is 78.1 Å². The molecule has 1 rings (SSSR count). The monoisotopic (exact) mass is 281 g/mol. The molecule has 110 valence electrons. The van der Waals surface area contributed by atoms with Gasteiger partial charge in [0, 0.05) is 6.42 Å². The molecule has 19 heavy (non-hydrogen) atoms. The molecule has 1 aliphatic carbocycles. The Bertz CT molecular complexity index is 191. The zero-order valence-electron chi connectivity index (χ0n) is 12.2. The van der Waals surface area contributed by atoms with Crippen LogP contribution in [0.15, 0.2) is 0 Å². The summed E-state index contributed by atoms with van der Waals surface area (Å²) in [6.45, 7) is 3.96. The van der Waals surface area contributed by atoms with Crippen molar-refractivity contribution in [1.82, 2.24) is 0 Å². The summed E-state index contributed by atoms with van der Waals surface area (Å²) in [5, 5.41) is 0. The molecule has 0 atom stereocenters. The molecule has 0 aromatic rings. The van der Waals surface area contributed by atoms with E-state index in [9.17, 15) is 4.79 Å². The van der Waals surface area contributed by atoms with Crippen molar-refractivity contribution in [3.05, 3.63) is 0 Å². The number of hydrogen-bond acceptors (Lipinski definition) is 3. The summed E-state index contributed by atoms with van der Waals surface area (Å²) in [5.41, 5.74) is 0. The summed E-state index contributed by atoms with van der Waals surface area (Å²) < 4.78 is 0. The first kappa shape index (κ1) is 21.7. The summed E-state index contributed by atoms with van der Waals surface area (Å²) in [6.07, 6.45) is 15.2. The summed E-state index contributed by atoms with van der Waals surface area (Å²) >= 11 is 0. The van der Waals surface area contributed by atoms with Gasteiger partial charge >= 0.3 is 35.5 Å². The predicted molar refractivity (Wildman–Crippen MR) is 83.1 cm³/mol. The van der Waals surface area contributed by atoms with Gasteiger partial charge in [-0.25, -0.2) is 0 Å². The Morgan fingerprint density at radius 1 is 1.05 bits per heavy atom. The van der Waals surface area contributed by atoms with Crippen LogP contribution in [0.2, 0.25) is 0 Å². The summed E-state index contributed by atoms with van der Waals surface area (Å²) in [6, 6.07) is 0. The topological polar surface area (TPSA) is 52.3 Å². The molecule has 0 amide bonds. The average Bonchev–Trinajstić information content (AvgIpc) is 3.21. The van der Waals surface area contributed by atoms with Gasteiger partial charge in [0.2, 0.25) is 0 Å². The van der Waals surface area contributed by atoms with Crippen LogP contribution in [0.25, 0.3) is 0 Å². The van der Waals surface area contributed by atoms with Crippen LogP contribution in [0.4, 0.5) is 0 Å². The molecule has 0 bridgehead atoms. The third-order valence-corrected chi connectivity index (χ3v) is 3.33. The van der Waals surface area contributed by atoms with Crippen LogP contribution in [0, 0.1) is 5.92 Å². The predicted octanol–water partition coefficient (Wildman–Crippen LogP) is 3.70. The molecule has 2 N–H and O–H groups in total. The Kier molecular flexibility index (Phi) is 18.8. The van der Waals surface area contributed by atoms with Crippen molar-refractivity contribution in [2.45, 2.75) is 84.5 Å². The summed E-state index contributed by atoms with van der Waals surface area (Å²) in [4.78, 5) is 13.6. The molecule has 4 heteroatoms. The van der Waals surface area contributed by atoms with Crippen molar-refractivity contribution in [3.8, 4) is 0 Å². The first-order valence-electron chi connectivity index (χ1n) is 7.64. The zero-order chi connectivity index (χ0) is 13.6. The van der Waals surface area contributed by atoms with E-state index < -0.39 is 0 Å². The molecule has 0 aliphatic heterocycles. The van der Waals surface area contributed by atoms with Crippen LogP contribution < -0.4 is 5.90 Å². The van der Waals surface area contributed by atoms with Gasteiger partial charge in [0.15, 0.2) is 0 Å². The van der Waals surface area contributed by atoms with Crippen molar-refractivity contribution in [2.24, 2.45) is 11.8 Å². The second-order valence-corrected chi connectivity index (χ2v) is 5.20. The molecule has 1 aliphatic rings. The quantitative estimate of drug-likeness (QED) is 0.398. The van der Waals surface area contributed by atoms with Gasteiger partial charge in [0.05, 0.1) is 0 Å². The van der Waals surface area contributed by atoms with E-state index in [1.165, 1.54) is 64.2 Å². The zero-order valence-corrected chi connectivity index (χ0v) is 12.2. The fourth-order valence-corrected chi connectivity index (χ4v) is 1.88. The summed E-state index contributed by atoms with van der Waals surface area (Å²) in [5.74, 6) is 5.21. The van der Waals surface area contributed by atoms with Crippen LogP contribution in [-0.4, -0.2) is 35.5 Å². The van der Waals surface area contributed by atoms with E-state index in [-0.39, 0.29) is 35.5 Å². The Balaban J connectivity index is 0. The van der Waals surface area contributed by atoms with Gasteiger partial charge in [-0.15, -0.1) is 0 Å². The van der Waals surface area contributed by atoms with Crippen LogP contribution in [0.1, 0.15) is 84.5 Å². The third kappa shape index (κ3) is 18.4. The van der Waals surface area contributed by atoms with Gasteiger partial charge in [0.1, 0.15) is 0 Å². The van der Waals surface area contributed by atoms with Crippen LogP contribution in [0.5, 0.6) is 0 Å². The van der Waals surface area contributed by atoms with Crippen LogP contribution >= 0.6 is 0 Å². The molecular formula is C15H32NNaO2. The Hall–Kier alpha value is 0.430. The van der Waals surface area contributed by atoms with E-state index in [0.717, 1.165) is 5.92 Å². The second-order valence-electron chi connectivity index (χ2n) is 5.20. The first-order chi connectivity index (χ1) is 8.74. The molecule has 0 saturated heterocycles. The molecular weight excluding hydrogens is 249 g/mol. The van der Waals surface area contributed by atoms with E-state index in [2.05, 4.69) is 17.7 Å². The molecule has 0 heterocycles. The summed E-state index contributed by atoms with van der Waals surface area (Å²) in [7, 11) is 0. The van der Waals surface area contributed by atoms with Crippen molar-refractivity contribution in [1.29, 1.82) is 0 Å². The Labute approximate surface area is 141 Å². The van der Waals surface area contributed by atoms with Gasteiger partial charge in [-0.3, -0.25) is 4.79 Å². The van der Waals surface area contributed by atoms with Gasteiger partial charge < -0.3 is 4.84 Å². The van der Waals surface area contributed by atoms with Crippen molar-refractivity contribution < 1.29 is 9.63 Å². The molecule has 0 aromatic heterocycles. The molecule has 0 aromatic carbocycles. The minimum absolute atomic E-state index is 0. The molecule has 0 radical (unpaired) electrons. The van der Waals surface area contributed by atoms with E-state index >= 15 is 0 Å². The van der Waals surface area contributed by atoms with Gasteiger partial charge in [-0.2, -0.15) is 5.90 Å². The van der Waals surface area contributed by atoms with Gasteiger partial charge in [-0.05, 0) is 5.92 Å². The van der Waals surface area contributed by atoms with Crippen molar-refractivity contribution in [3.63, 3.8) is 0 Å². The maximum atomic E-state index is 9.83. The first-order valence-corrected chi connectivity index (χ1v) is 7.64. The third-order valence-electron chi connectivity index (χ3n) is 3.33. The van der Waals surface area contributed by atoms with E-state index in [4.69, 9.17) is 0 Å². The number of carbonyl (C=O) groups is 1. The molecule has 1 saturated carbocycles. The van der Waals surface area contributed by atoms with E-state index in [1.807, 2.05) is 0 Å². The number of unbranched alkanes of at least 4 members (excludes halogenated alkanes) is 6. The molecule has 0 spiro atoms. The molecule has 1 fully saturated rings. The van der Waals surface area contributed by atoms with Gasteiger partial charge in [0.25, 0.3) is 0 Å². The fourth-order valence-electron chi connectivity index (χ4n) is 1.88.